The molecule has 0 aromatic carbocycles. The van der Waals surface area contributed by atoms with Gasteiger partial charge in [-0.3, -0.25) is 0 Å². The van der Waals surface area contributed by atoms with Crippen molar-refractivity contribution in [2.75, 3.05) is 20.5 Å². The summed E-state index contributed by atoms with van der Waals surface area (Å²) < 4.78 is 15.3. The molecular formula is C12H18O5. The molecule has 0 aliphatic carbocycles. The van der Waals surface area contributed by atoms with Crippen molar-refractivity contribution in [3.05, 3.63) is 23.0 Å². The normalized spacial score (nSPS) is 20.8. The number of hydrogen-bond donors (Lipinski definition) is 1. The highest BCUT2D eigenvalue weighted by molar-refractivity contribution is 5.91. The van der Waals surface area contributed by atoms with Gasteiger partial charge in [0.05, 0.1) is 12.2 Å². The summed E-state index contributed by atoms with van der Waals surface area (Å²) in [5, 5.41) is 8.88. The smallest absolute Gasteiger partial charge is 0.338 e. The molecule has 1 heterocycles. The van der Waals surface area contributed by atoms with E-state index in [1.54, 1.807) is 6.92 Å². The molecule has 0 bridgehead atoms. The summed E-state index contributed by atoms with van der Waals surface area (Å²) in [6.07, 6.45) is 1.90. The van der Waals surface area contributed by atoms with Crippen LogP contribution < -0.4 is 0 Å². The summed E-state index contributed by atoms with van der Waals surface area (Å²) in [4.78, 5) is 11.4. The molecule has 1 rings (SSSR count). The molecule has 0 radical (unpaired) electrons. The predicted octanol–water partition coefficient (Wildman–Crippen LogP) is 1.14. The minimum Gasteiger partial charge on any atom is -0.467 e. The van der Waals surface area contributed by atoms with E-state index < -0.39 is 6.10 Å². The van der Waals surface area contributed by atoms with Crippen molar-refractivity contribution in [3.8, 4) is 0 Å². The number of carbonyl (C=O) groups excluding carboxylic acids is 1. The van der Waals surface area contributed by atoms with Gasteiger partial charge in [0.15, 0.2) is 18.7 Å². The Balaban J connectivity index is 2.69. The summed E-state index contributed by atoms with van der Waals surface area (Å²) in [5.41, 5.74) is 1.30. The van der Waals surface area contributed by atoms with Crippen molar-refractivity contribution in [3.63, 3.8) is 0 Å². The summed E-state index contributed by atoms with van der Waals surface area (Å²) in [7, 11) is 1.51. The second-order valence-corrected chi connectivity index (χ2v) is 3.88. The molecule has 1 aliphatic heterocycles. The monoisotopic (exact) mass is 242 g/mol. The van der Waals surface area contributed by atoms with Crippen LogP contribution in [0.1, 0.15) is 20.3 Å². The van der Waals surface area contributed by atoms with E-state index in [0.29, 0.717) is 17.8 Å². The molecule has 96 valence electrons. The summed E-state index contributed by atoms with van der Waals surface area (Å²) in [6.45, 7) is 3.55. The van der Waals surface area contributed by atoms with Gasteiger partial charge in [-0.15, -0.1) is 0 Å². The molecule has 5 heteroatoms. The highest BCUT2D eigenvalue weighted by Gasteiger charge is 2.32. The van der Waals surface area contributed by atoms with Gasteiger partial charge in [-0.05, 0) is 13.8 Å². The number of esters is 1. The van der Waals surface area contributed by atoms with Crippen molar-refractivity contribution < 1.29 is 24.1 Å². The second kappa shape index (κ2) is 6.42. The first-order valence-corrected chi connectivity index (χ1v) is 5.40. The van der Waals surface area contributed by atoms with Crippen molar-refractivity contribution in [2.24, 2.45) is 0 Å². The lowest BCUT2D eigenvalue weighted by Crippen LogP contribution is -2.13. The quantitative estimate of drug-likeness (QED) is 0.430. The molecule has 0 aromatic heterocycles. The zero-order valence-electron chi connectivity index (χ0n) is 10.4. The molecule has 0 saturated heterocycles. The average Bonchev–Trinajstić information content (AvgIpc) is 2.60. The molecule has 1 N–H and O–H groups in total. The SMILES string of the molecule is COCOC1=C(C)C(=O)OC1C/C=C(\C)CO. The van der Waals surface area contributed by atoms with E-state index in [1.165, 1.54) is 7.11 Å². The fourth-order valence-corrected chi connectivity index (χ4v) is 1.46. The van der Waals surface area contributed by atoms with Gasteiger partial charge in [0.1, 0.15) is 0 Å². The topological polar surface area (TPSA) is 65.0 Å². The Labute approximate surface area is 101 Å². The number of ether oxygens (including phenoxy) is 3. The lowest BCUT2D eigenvalue weighted by Gasteiger charge is -2.13. The Hall–Kier alpha value is -1.33. The maximum Gasteiger partial charge on any atom is 0.338 e. The Morgan fingerprint density at radius 3 is 2.88 bits per heavy atom. The minimum atomic E-state index is -0.417. The van der Waals surface area contributed by atoms with Gasteiger partial charge in [-0.1, -0.05) is 11.6 Å². The van der Waals surface area contributed by atoms with Crippen molar-refractivity contribution in [1.29, 1.82) is 0 Å². The van der Waals surface area contributed by atoms with Crippen molar-refractivity contribution in [1.82, 2.24) is 0 Å². The molecule has 1 unspecified atom stereocenters. The summed E-state index contributed by atoms with van der Waals surface area (Å²) in [6, 6.07) is 0. The van der Waals surface area contributed by atoms with Gasteiger partial charge in [-0.2, -0.15) is 0 Å². The molecule has 1 aliphatic rings. The Kier molecular flexibility index (Phi) is 5.18. The van der Waals surface area contributed by atoms with Gasteiger partial charge < -0.3 is 19.3 Å². The maximum absolute atomic E-state index is 11.4. The third-order valence-electron chi connectivity index (χ3n) is 2.48. The number of hydrogen-bond acceptors (Lipinski definition) is 5. The van der Waals surface area contributed by atoms with E-state index in [1.807, 2.05) is 13.0 Å². The number of carbonyl (C=O) groups is 1. The number of rotatable bonds is 6. The highest BCUT2D eigenvalue weighted by Crippen LogP contribution is 2.26. The number of aliphatic hydroxyl groups is 1. The van der Waals surface area contributed by atoms with Gasteiger partial charge in [0.2, 0.25) is 0 Å². The van der Waals surface area contributed by atoms with Crippen LogP contribution in [0, 0.1) is 0 Å². The molecule has 0 saturated carbocycles. The van der Waals surface area contributed by atoms with Crippen LogP contribution in [0.5, 0.6) is 0 Å². The van der Waals surface area contributed by atoms with Crippen LogP contribution in [0.25, 0.3) is 0 Å². The summed E-state index contributed by atoms with van der Waals surface area (Å²) >= 11 is 0. The Morgan fingerprint density at radius 1 is 1.59 bits per heavy atom. The average molecular weight is 242 g/mol. The minimum absolute atomic E-state index is 0.00236. The molecule has 0 aromatic rings. The Bertz CT molecular complexity index is 343. The van der Waals surface area contributed by atoms with E-state index in [-0.39, 0.29) is 19.4 Å². The van der Waals surface area contributed by atoms with E-state index >= 15 is 0 Å². The maximum atomic E-state index is 11.4. The third kappa shape index (κ3) is 3.57. The van der Waals surface area contributed by atoms with Crippen LogP contribution in [0.4, 0.5) is 0 Å². The lowest BCUT2D eigenvalue weighted by molar-refractivity contribution is -0.140. The molecule has 0 amide bonds. The van der Waals surface area contributed by atoms with Crippen LogP contribution >= 0.6 is 0 Å². The van der Waals surface area contributed by atoms with Crippen LogP contribution in [0.15, 0.2) is 23.0 Å². The fourth-order valence-electron chi connectivity index (χ4n) is 1.46. The van der Waals surface area contributed by atoms with Crippen molar-refractivity contribution >= 4 is 5.97 Å². The van der Waals surface area contributed by atoms with E-state index in [4.69, 9.17) is 19.3 Å². The van der Waals surface area contributed by atoms with Crippen LogP contribution in [-0.2, 0) is 19.0 Å². The molecular weight excluding hydrogens is 224 g/mol. The second-order valence-electron chi connectivity index (χ2n) is 3.88. The number of aliphatic hydroxyl groups excluding tert-OH is 1. The zero-order valence-corrected chi connectivity index (χ0v) is 10.4. The first-order valence-electron chi connectivity index (χ1n) is 5.40. The standard InChI is InChI=1S/C12H18O5/c1-8(6-13)4-5-10-11(16-7-15-3)9(2)12(14)17-10/h4,10,13H,5-7H2,1-3H3/b8-4+. The van der Waals surface area contributed by atoms with E-state index in [0.717, 1.165) is 5.57 Å². The lowest BCUT2D eigenvalue weighted by atomic mass is 10.1. The van der Waals surface area contributed by atoms with Crippen LogP contribution in [0.2, 0.25) is 0 Å². The van der Waals surface area contributed by atoms with Crippen LogP contribution in [-0.4, -0.2) is 37.7 Å². The molecule has 0 spiro atoms. The zero-order chi connectivity index (χ0) is 12.8. The van der Waals surface area contributed by atoms with E-state index in [2.05, 4.69) is 0 Å². The van der Waals surface area contributed by atoms with Gasteiger partial charge >= 0.3 is 5.97 Å². The largest absolute Gasteiger partial charge is 0.467 e. The number of cyclic esters (lactones) is 1. The predicted molar refractivity (Wildman–Crippen MR) is 61.0 cm³/mol. The fraction of sp³-hybridized carbons (Fsp3) is 0.583. The van der Waals surface area contributed by atoms with Crippen LogP contribution in [0.3, 0.4) is 0 Å². The molecule has 17 heavy (non-hydrogen) atoms. The van der Waals surface area contributed by atoms with E-state index in [9.17, 15) is 4.79 Å². The highest BCUT2D eigenvalue weighted by atomic mass is 16.7. The van der Waals surface area contributed by atoms with Crippen molar-refractivity contribution in [2.45, 2.75) is 26.4 Å². The molecule has 1 atom stereocenters. The number of methoxy groups -OCH3 is 1. The first kappa shape index (κ1) is 13.7. The first-order chi connectivity index (χ1) is 8.10. The van der Waals surface area contributed by atoms with Gasteiger partial charge in [0, 0.05) is 13.5 Å². The summed E-state index contributed by atoms with van der Waals surface area (Å²) in [5.74, 6) is 0.148. The third-order valence-corrected chi connectivity index (χ3v) is 2.48. The van der Waals surface area contributed by atoms with Gasteiger partial charge in [0.25, 0.3) is 0 Å². The molecule has 0 fully saturated rings. The molecule has 5 nitrogen and oxygen atoms in total. The van der Waals surface area contributed by atoms with Gasteiger partial charge in [-0.25, -0.2) is 4.79 Å². The Morgan fingerprint density at radius 2 is 2.29 bits per heavy atom.